The van der Waals surface area contributed by atoms with E-state index in [-0.39, 0.29) is 10.8 Å². The molecule has 1 heterocycles. The Kier molecular flexibility index (Phi) is 7.06. The number of sulfonamides is 1. The van der Waals surface area contributed by atoms with E-state index in [1.807, 2.05) is 0 Å². The summed E-state index contributed by atoms with van der Waals surface area (Å²) in [6.45, 7) is 3.75. The minimum absolute atomic E-state index is 0.0500. The second kappa shape index (κ2) is 9.55. The van der Waals surface area contributed by atoms with Gasteiger partial charge in [-0.3, -0.25) is 9.52 Å². The van der Waals surface area contributed by atoms with E-state index in [0.717, 1.165) is 0 Å². The highest BCUT2D eigenvalue weighted by molar-refractivity contribution is 7.92. The van der Waals surface area contributed by atoms with E-state index in [2.05, 4.69) is 4.72 Å². The Bertz CT molecular complexity index is 991. The van der Waals surface area contributed by atoms with Gasteiger partial charge in [-0.15, -0.1) is 0 Å². The first-order chi connectivity index (χ1) is 14.3. The molecule has 3 rings (SSSR count). The van der Waals surface area contributed by atoms with E-state index < -0.39 is 16.1 Å². The first-order valence-corrected chi connectivity index (χ1v) is 11.2. The molecule has 1 fully saturated rings. The van der Waals surface area contributed by atoms with Crippen LogP contribution in [0.3, 0.4) is 0 Å². The van der Waals surface area contributed by atoms with Crippen LogP contribution in [0.25, 0.3) is 0 Å². The first-order valence-electron chi connectivity index (χ1n) is 9.30. The lowest BCUT2D eigenvalue weighted by molar-refractivity contribution is -0.142. The second-order valence-electron chi connectivity index (χ2n) is 6.62. The standard InChI is InChI=1S/C20H23ClN2O6S/c1-14(20(24)23-9-11-28-12-10-23)29-16-4-6-17(7-5-16)30(25,26)22-15-3-8-19(27-2)18(21)13-15/h3-8,13-14,22H,9-12H2,1-2H3/t14-/m1/s1. The summed E-state index contributed by atoms with van der Waals surface area (Å²) in [6.07, 6.45) is -0.690. The highest BCUT2D eigenvalue weighted by Gasteiger charge is 2.24. The fraction of sp³-hybridized carbons (Fsp3) is 0.350. The zero-order valence-electron chi connectivity index (χ0n) is 16.6. The van der Waals surface area contributed by atoms with Crippen molar-refractivity contribution >= 4 is 33.2 Å². The summed E-state index contributed by atoms with van der Waals surface area (Å²) in [6, 6.07) is 10.4. The predicted molar refractivity (Wildman–Crippen MR) is 113 cm³/mol. The van der Waals surface area contributed by atoms with Crippen molar-refractivity contribution in [3.8, 4) is 11.5 Å². The van der Waals surface area contributed by atoms with Crippen LogP contribution in [0.1, 0.15) is 6.92 Å². The fourth-order valence-corrected chi connectivity index (χ4v) is 4.24. The maximum atomic E-state index is 12.6. The second-order valence-corrected chi connectivity index (χ2v) is 8.71. The lowest BCUT2D eigenvalue weighted by Crippen LogP contribution is -2.46. The van der Waals surface area contributed by atoms with Crippen LogP contribution in [0.4, 0.5) is 5.69 Å². The number of halogens is 1. The molecule has 30 heavy (non-hydrogen) atoms. The number of nitrogens with zero attached hydrogens (tertiary/aromatic N) is 1. The molecule has 0 spiro atoms. The quantitative estimate of drug-likeness (QED) is 0.691. The number of carbonyl (C=O) groups excluding carboxylic acids is 1. The van der Waals surface area contributed by atoms with Crippen LogP contribution in [0.5, 0.6) is 11.5 Å². The van der Waals surface area contributed by atoms with Gasteiger partial charge in [-0.05, 0) is 49.4 Å². The summed E-state index contributed by atoms with van der Waals surface area (Å²) in [7, 11) is -2.35. The molecule has 162 valence electrons. The Morgan fingerprint density at radius 1 is 1.17 bits per heavy atom. The minimum Gasteiger partial charge on any atom is -0.495 e. The predicted octanol–water partition coefficient (Wildman–Crippen LogP) is 2.78. The Morgan fingerprint density at radius 2 is 1.83 bits per heavy atom. The lowest BCUT2D eigenvalue weighted by Gasteiger charge is -2.29. The monoisotopic (exact) mass is 454 g/mol. The van der Waals surface area contributed by atoms with Gasteiger partial charge >= 0.3 is 0 Å². The molecule has 1 saturated heterocycles. The van der Waals surface area contributed by atoms with Gasteiger partial charge in [0.25, 0.3) is 15.9 Å². The topological polar surface area (TPSA) is 94.2 Å². The smallest absolute Gasteiger partial charge is 0.263 e. The maximum Gasteiger partial charge on any atom is 0.263 e. The Labute approximate surface area is 180 Å². The van der Waals surface area contributed by atoms with Gasteiger partial charge in [0.2, 0.25) is 0 Å². The number of morpholine rings is 1. The summed E-state index contributed by atoms with van der Waals surface area (Å²) in [5.41, 5.74) is 0.311. The number of methoxy groups -OCH3 is 1. The third-order valence-corrected chi connectivity index (χ3v) is 6.21. The van der Waals surface area contributed by atoms with Gasteiger partial charge in [0.05, 0.1) is 35.9 Å². The van der Waals surface area contributed by atoms with Crippen molar-refractivity contribution in [2.45, 2.75) is 17.9 Å². The summed E-state index contributed by atoms with van der Waals surface area (Å²) < 4.78 is 43.7. The van der Waals surface area contributed by atoms with Crippen molar-refractivity contribution in [2.75, 3.05) is 38.1 Å². The average molecular weight is 455 g/mol. The fourth-order valence-electron chi connectivity index (χ4n) is 2.94. The zero-order chi connectivity index (χ0) is 21.7. The number of ether oxygens (including phenoxy) is 3. The third-order valence-electron chi connectivity index (χ3n) is 4.52. The average Bonchev–Trinajstić information content (AvgIpc) is 2.74. The first kappa shape index (κ1) is 22.2. The molecule has 0 saturated carbocycles. The van der Waals surface area contributed by atoms with Crippen molar-refractivity contribution in [3.05, 3.63) is 47.5 Å². The number of amides is 1. The molecule has 2 aromatic carbocycles. The van der Waals surface area contributed by atoms with Crippen LogP contribution in [-0.4, -0.2) is 58.7 Å². The number of hydrogen-bond acceptors (Lipinski definition) is 6. The van der Waals surface area contributed by atoms with E-state index in [0.29, 0.717) is 48.5 Å². The number of benzene rings is 2. The highest BCUT2D eigenvalue weighted by atomic mass is 35.5. The van der Waals surface area contributed by atoms with E-state index in [1.165, 1.54) is 37.4 Å². The van der Waals surface area contributed by atoms with Crippen molar-refractivity contribution < 1.29 is 27.4 Å². The summed E-state index contributed by atoms with van der Waals surface area (Å²) in [5, 5.41) is 0.292. The van der Waals surface area contributed by atoms with E-state index in [1.54, 1.807) is 24.0 Å². The molecular weight excluding hydrogens is 432 g/mol. The van der Waals surface area contributed by atoms with Gasteiger partial charge in [0.15, 0.2) is 6.10 Å². The summed E-state index contributed by atoms with van der Waals surface area (Å²) in [4.78, 5) is 14.2. The van der Waals surface area contributed by atoms with E-state index in [4.69, 9.17) is 25.8 Å². The van der Waals surface area contributed by atoms with Gasteiger partial charge in [-0.1, -0.05) is 11.6 Å². The van der Waals surface area contributed by atoms with E-state index >= 15 is 0 Å². The molecular formula is C20H23ClN2O6S. The normalized spacial score (nSPS) is 15.4. The van der Waals surface area contributed by atoms with Gasteiger partial charge < -0.3 is 19.1 Å². The highest BCUT2D eigenvalue weighted by Crippen LogP contribution is 2.28. The SMILES string of the molecule is COc1ccc(NS(=O)(=O)c2ccc(O[C@H](C)C(=O)N3CCOCC3)cc2)cc1Cl. The molecule has 0 aromatic heterocycles. The molecule has 0 unspecified atom stereocenters. The van der Waals surface area contributed by atoms with Gasteiger partial charge in [-0.25, -0.2) is 8.42 Å². The third kappa shape index (κ3) is 5.35. The number of carbonyl (C=O) groups is 1. The number of hydrogen-bond donors (Lipinski definition) is 1. The molecule has 0 radical (unpaired) electrons. The van der Waals surface area contributed by atoms with E-state index in [9.17, 15) is 13.2 Å². The van der Waals surface area contributed by atoms with Crippen molar-refractivity contribution in [1.29, 1.82) is 0 Å². The van der Waals surface area contributed by atoms with Gasteiger partial charge in [0.1, 0.15) is 11.5 Å². The Balaban J connectivity index is 1.65. The molecule has 2 aromatic rings. The molecule has 8 nitrogen and oxygen atoms in total. The van der Waals surface area contributed by atoms with Crippen LogP contribution in [0, 0.1) is 0 Å². The molecule has 1 amide bonds. The lowest BCUT2D eigenvalue weighted by atomic mass is 10.3. The number of rotatable bonds is 7. The molecule has 0 aliphatic carbocycles. The van der Waals surface area contributed by atoms with Crippen LogP contribution in [0.2, 0.25) is 5.02 Å². The maximum absolute atomic E-state index is 12.6. The van der Waals surface area contributed by atoms with Crippen molar-refractivity contribution in [1.82, 2.24) is 4.90 Å². The minimum atomic E-state index is -3.82. The number of nitrogens with one attached hydrogen (secondary N) is 1. The molecule has 1 aliphatic heterocycles. The van der Waals surface area contributed by atoms with Crippen molar-refractivity contribution in [2.24, 2.45) is 0 Å². The van der Waals surface area contributed by atoms with Crippen LogP contribution >= 0.6 is 11.6 Å². The van der Waals surface area contributed by atoms with Crippen LogP contribution < -0.4 is 14.2 Å². The molecule has 10 heteroatoms. The Morgan fingerprint density at radius 3 is 2.43 bits per heavy atom. The molecule has 1 aliphatic rings. The molecule has 0 bridgehead atoms. The summed E-state index contributed by atoms with van der Waals surface area (Å²) >= 11 is 6.04. The Hall–Kier alpha value is -2.49. The zero-order valence-corrected chi connectivity index (χ0v) is 18.2. The van der Waals surface area contributed by atoms with Crippen LogP contribution in [-0.2, 0) is 19.6 Å². The van der Waals surface area contributed by atoms with Gasteiger partial charge in [-0.2, -0.15) is 0 Å². The molecule has 1 atom stereocenters. The van der Waals surface area contributed by atoms with Gasteiger partial charge in [0, 0.05) is 13.1 Å². The van der Waals surface area contributed by atoms with Crippen molar-refractivity contribution in [3.63, 3.8) is 0 Å². The largest absolute Gasteiger partial charge is 0.495 e. The van der Waals surface area contributed by atoms with Crippen LogP contribution in [0.15, 0.2) is 47.4 Å². The summed E-state index contributed by atoms with van der Waals surface area (Å²) in [5.74, 6) is 0.713. The molecule has 1 N–H and O–H groups in total. The number of anilines is 1.